The molecule has 0 spiro atoms. The number of nitrogens with one attached hydrogen (secondary N) is 1. The van der Waals surface area contributed by atoms with Crippen LogP contribution >= 0.6 is 11.3 Å². The lowest BCUT2D eigenvalue weighted by Crippen LogP contribution is -2.26. The number of aromatic amines is 1. The number of carbonyl (C=O) groups is 1. The first-order valence-corrected chi connectivity index (χ1v) is 7.50. The van der Waals surface area contributed by atoms with Gasteiger partial charge in [0.1, 0.15) is 5.69 Å². The third-order valence-electron chi connectivity index (χ3n) is 3.20. The molecule has 1 aromatic carbocycles. The number of thiophene rings is 1. The second-order valence-electron chi connectivity index (χ2n) is 4.77. The van der Waals surface area contributed by atoms with Crippen molar-refractivity contribution in [3.63, 3.8) is 0 Å². The zero-order valence-electron chi connectivity index (χ0n) is 11.6. The van der Waals surface area contributed by atoms with Gasteiger partial charge < -0.3 is 4.90 Å². The Morgan fingerprint density at radius 2 is 2.05 bits per heavy atom. The third-order valence-corrected chi connectivity index (χ3v) is 4.06. The molecule has 21 heavy (non-hydrogen) atoms. The van der Waals surface area contributed by atoms with Gasteiger partial charge in [0.25, 0.3) is 5.91 Å². The van der Waals surface area contributed by atoms with Crippen molar-refractivity contribution in [2.75, 3.05) is 7.05 Å². The molecule has 0 unspecified atom stereocenters. The summed E-state index contributed by atoms with van der Waals surface area (Å²) in [7, 11) is 1.80. The van der Waals surface area contributed by atoms with E-state index in [0.29, 0.717) is 12.2 Å². The summed E-state index contributed by atoms with van der Waals surface area (Å²) in [6, 6.07) is 15.6. The van der Waals surface area contributed by atoms with Crippen LogP contribution in [0, 0.1) is 0 Å². The molecule has 3 aromatic rings. The van der Waals surface area contributed by atoms with E-state index < -0.39 is 0 Å². The standard InChI is InChI=1S/C16H15N3OS/c1-19(11-13-8-5-9-21-13)16(20)15-10-14(17-18-15)12-6-3-2-4-7-12/h2-10H,11H2,1H3,(H,17,18). The third kappa shape index (κ3) is 3.03. The predicted octanol–water partition coefficient (Wildman–Crippen LogP) is 3.41. The monoisotopic (exact) mass is 297 g/mol. The average Bonchev–Trinajstić information content (AvgIpc) is 3.18. The lowest BCUT2D eigenvalue weighted by atomic mass is 10.1. The number of nitrogens with zero attached hydrogens (tertiary/aromatic N) is 2. The van der Waals surface area contributed by atoms with E-state index in [1.54, 1.807) is 29.4 Å². The van der Waals surface area contributed by atoms with Crippen molar-refractivity contribution in [3.05, 3.63) is 64.5 Å². The Balaban J connectivity index is 1.75. The number of rotatable bonds is 4. The summed E-state index contributed by atoms with van der Waals surface area (Å²) in [5.74, 6) is -0.0573. The Kier molecular flexibility index (Phi) is 3.83. The van der Waals surface area contributed by atoms with Crippen LogP contribution in [0.5, 0.6) is 0 Å². The van der Waals surface area contributed by atoms with Crippen LogP contribution in [0.4, 0.5) is 0 Å². The normalized spacial score (nSPS) is 10.5. The van der Waals surface area contributed by atoms with Gasteiger partial charge in [0.05, 0.1) is 12.2 Å². The molecule has 4 nitrogen and oxygen atoms in total. The molecule has 0 saturated heterocycles. The molecule has 2 aromatic heterocycles. The highest BCUT2D eigenvalue weighted by atomic mass is 32.1. The molecule has 5 heteroatoms. The minimum Gasteiger partial charge on any atom is -0.335 e. The van der Waals surface area contributed by atoms with Crippen LogP contribution in [0.2, 0.25) is 0 Å². The first-order chi connectivity index (χ1) is 10.2. The fourth-order valence-electron chi connectivity index (χ4n) is 2.10. The molecule has 0 bridgehead atoms. The summed E-state index contributed by atoms with van der Waals surface area (Å²) >= 11 is 1.65. The van der Waals surface area contributed by atoms with Crippen LogP contribution in [-0.4, -0.2) is 28.1 Å². The van der Waals surface area contributed by atoms with Crippen LogP contribution in [0.1, 0.15) is 15.4 Å². The minimum absolute atomic E-state index is 0.0573. The average molecular weight is 297 g/mol. The van der Waals surface area contributed by atoms with E-state index in [-0.39, 0.29) is 5.91 Å². The lowest BCUT2D eigenvalue weighted by Gasteiger charge is -2.14. The molecule has 0 atom stereocenters. The molecule has 1 amide bonds. The van der Waals surface area contributed by atoms with Crippen molar-refractivity contribution >= 4 is 17.2 Å². The largest absolute Gasteiger partial charge is 0.335 e. The second-order valence-corrected chi connectivity index (χ2v) is 5.81. The molecule has 3 rings (SSSR count). The van der Waals surface area contributed by atoms with Gasteiger partial charge >= 0.3 is 0 Å². The molecule has 0 aliphatic heterocycles. The Morgan fingerprint density at radius 3 is 2.76 bits per heavy atom. The van der Waals surface area contributed by atoms with Gasteiger partial charge in [0, 0.05) is 17.5 Å². The van der Waals surface area contributed by atoms with Gasteiger partial charge in [-0.05, 0) is 17.5 Å². The Morgan fingerprint density at radius 1 is 1.24 bits per heavy atom. The highest BCUT2D eigenvalue weighted by molar-refractivity contribution is 7.09. The van der Waals surface area contributed by atoms with E-state index in [1.807, 2.05) is 47.8 Å². The summed E-state index contributed by atoms with van der Waals surface area (Å²) in [6.45, 7) is 0.607. The molecule has 0 fully saturated rings. The summed E-state index contributed by atoms with van der Waals surface area (Å²) in [6.07, 6.45) is 0. The van der Waals surface area contributed by atoms with Gasteiger partial charge in [-0.25, -0.2) is 0 Å². The van der Waals surface area contributed by atoms with Gasteiger partial charge in [-0.15, -0.1) is 11.3 Å². The first kappa shape index (κ1) is 13.6. The van der Waals surface area contributed by atoms with Crippen LogP contribution in [-0.2, 0) is 6.54 Å². The fourth-order valence-corrected chi connectivity index (χ4v) is 2.86. The van der Waals surface area contributed by atoms with E-state index in [9.17, 15) is 4.79 Å². The minimum atomic E-state index is -0.0573. The predicted molar refractivity (Wildman–Crippen MR) is 84.1 cm³/mol. The maximum atomic E-state index is 12.4. The second kappa shape index (κ2) is 5.93. The van der Waals surface area contributed by atoms with Crippen molar-refractivity contribution in [1.82, 2.24) is 15.1 Å². The molecule has 1 N–H and O–H groups in total. The van der Waals surface area contributed by atoms with Crippen LogP contribution in [0.25, 0.3) is 11.3 Å². The van der Waals surface area contributed by atoms with E-state index in [4.69, 9.17) is 0 Å². The molecular formula is C16H15N3OS. The van der Waals surface area contributed by atoms with E-state index in [2.05, 4.69) is 10.2 Å². The number of amides is 1. The molecule has 0 saturated carbocycles. The van der Waals surface area contributed by atoms with Crippen LogP contribution < -0.4 is 0 Å². The zero-order chi connectivity index (χ0) is 14.7. The summed E-state index contributed by atoms with van der Waals surface area (Å²) < 4.78 is 0. The highest BCUT2D eigenvalue weighted by Crippen LogP contribution is 2.18. The van der Waals surface area contributed by atoms with Gasteiger partial charge in [-0.1, -0.05) is 36.4 Å². The topological polar surface area (TPSA) is 49.0 Å². The van der Waals surface area contributed by atoms with Gasteiger partial charge in [-0.3, -0.25) is 9.89 Å². The van der Waals surface area contributed by atoms with E-state index in [1.165, 1.54) is 0 Å². The maximum absolute atomic E-state index is 12.4. The summed E-state index contributed by atoms with van der Waals surface area (Å²) in [5.41, 5.74) is 2.28. The molecule has 106 valence electrons. The van der Waals surface area contributed by atoms with E-state index >= 15 is 0 Å². The van der Waals surface area contributed by atoms with Crippen LogP contribution in [0.3, 0.4) is 0 Å². The number of hydrogen-bond donors (Lipinski definition) is 1. The number of H-pyrrole nitrogens is 1. The lowest BCUT2D eigenvalue weighted by molar-refractivity contribution is 0.0780. The van der Waals surface area contributed by atoms with Gasteiger partial charge in [0.15, 0.2) is 0 Å². The van der Waals surface area contributed by atoms with Gasteiger partial charge in [0.2, 0.25) is 0 Å². The fraction of sp³-hybridized carbons (Fsp3) is 0.125. The van der Waals surface area contributed by atoms with Gasteiger partial charge in [-0.2, -0.15) is 5.10 Å². The molecule has 0 aliphatic rings. The van der Waals surface area contributed by atoms with Crippen LogP contribution in [0.15, 0.2) is 53.9 Å². The highest BCUT2D eigenvalue weighted by Gasteiger charge is 2.15. The van der Waals surface area contributed by atoms with Crippen molar-refractivity contribution < 1.29 is 4.79 Å². The Hall–Kier alpha value is -2.40. The number of carbonyl (C=O) groups excluding carboxylic acids is 1. The zero-order valence-corrected chi connectivity index (χ0v) is 12.4. The SMILES string of the molecule is CN(Cc1cccs1)C(=O)c1cc(-c2ccccc2)n[nH]1. The van der Waals surface area contributed by atoms with Crippen molar-refractivity contribution in [2.24, 2.45) is 0 Å². The van der Waals surface area contributed by atoms with Crippen molar-refractivity contribution in [1.29, 1.82) is 0 Å². The number of benzene rings is 1. The van der Waals surface area contributed by atoms with E-state index in [0.717, 1.165) is 16.1 Å². The first-order valence-electron chi connectivity index (χ1n) is 6.63. The molecule has 0 radical (unpaired) electrons. The smallest absolute Gasteiger partial charge is 0.271 e. The molecular weight excluding hydrogens is 282 g/mol. The van der Waals surface area contributed by atoms with Crippen molar-refractivity contribution in [2.45, 2.75) is 6.54 Å². The Labute approximate surface area is 127 Å². The number of aromatic nitrogens is 2. The quantitative estimate of drug-likeness (QED) is 0.802. The maximum Gasteiger partial charge on any atom is 0.271 e. The molecule has 0 aliphatic carbocycles. The summed E-state index contributed by atoms with van der Waals surface area (Å²) in [5, 5.41) is 9.06. The summed E-state index contributed by atoms with van der Waals surface area (Å²) in [4.78, 5) is 15.2. The Bertz CT molecular complexity index is 719. The number of hydrogen-bond acceptors (Lipinski definition) is 3. The molecule has 2 heterocycles. The van der Waals surface area contributed by atoms with Crippen molar-refractivity contribution in [3.8, 4) is 11.3 Å².